The molecule has 0 bridgehead atoms. The van der Waals surface area contributed by atoms with Crippen LogP contribution in [0.2, 0.25) is 5.02 Å². The summed E-state index contributed by atoms with van der Waals surface area (Å²) < 4.78 is 35.1. The molecule has 10 heteroatoms. The lowest BCUT2D eigenvalue weighted by Gasteiger charge is -2.32. The highest BCUT2D eigenvalue weighted by Crippen LogP contribution is 2.27. The molecule has 2 aliphatic rings. The van der Waals surface area contributed by atoms with Crippen molar-refractivity contribution < 1.29 is 22.7 Å². The van der Waals surface area contributed by atoms with Crippen LogP contribution < -0.4 is 10.6 Å². The van der Waals surface area contributed by atoms with E-state index in [-0.39, 0.29) is 35.4 Å². The van der Waals surface area contributed by atoms with E-state index in [0.29, 0.717) is 35.7 Å². The molecule has 1 aliphatic carbocycles. The lowest BCUT2D eigenvalue weighted by molar-refractivity contribution is -0.124. The molecule has 1 saturated heterocycles. The van der Waals surface area contributed by atoms with Crippen molar-refractivity contribution in [1.82, 2.24) is 14.9 Å². The van der Waals surface area contributed by atoms with E-state index in [0.717, 1.165) is 44.1 Å². The van der Waals surface area contributed by atoms with Gasteiger partial charge in [0.15, 0.2) is 0 Å². The predicted molar refractivity (Wildman–Crippen MR) is 166 cm³/mol. The minimum absolute atomic E-state index is 0.0109. The topological polar surface area (TPSA) is 105 Å². The first kappa shape index (κ1) is 31.2. The van der Waals surface area contributed by atoms with Crippen LogP contribution in [0.5, 0.6) is 0 Å². The minimum Gasteiger partial charge on any atom is -0.371 e. The molecule has 5 rings (SSSR count). The fourth-order valence-electron chi connectivity index (χ4n) is 5.73. The first-order chi connectivity index (χ1) is 20.8. The third kappa shape index (κ3) is 8.03. The van der Waals surface area contributed by atoms with Gasteiger partial charge in [0.25, 0.3) is 5.91 Å². The lowest BCUT2D eigenvalue weighted by atomic mass is 9.92. The molecule has 43 heavy (non-hydrogen) atoms. The van der Waals surface area contributed by atoms with Gasteiger partial charge in [0.2, 0.25) is 15.9 Å². The van der Waals surface area contributed by atoms with E-state index in [1.807, 2.05) is 30.3 Å². The molecule has 8 nitrogen and oxygen atoms in total. The number of amides is 2. The molecule has 3 atom stereocenters. The fourth-order valence-corrected chi connectivity index (χ4v) is 7.47. The molecule has 3 aromatic rings. The number of hydrogen-bond acceptors (Lipinski definition) is 5. The van der Waals surface area contributed by atoms with Gasteiger partial charge in [0.05, 0.1) is 23.6 Å². The maximum atomic E-state index is 13.8. The third-order valence-corrected chi connectivity index (χ3v) is 10.3. The smallest absolute Gasteiger partial charge is 0.251 e. The van der Waals surface area contributed by atoms with Gasteiger partial charge in [-0.15, -0.1) is 0 Å². The average molecular weight is 624 g/mol. The summed E-state index contributed by atoms with van der Waals surface area (Å²) in [6.45, 7) is 1.01. The molecular formula is C33H38ClN3O5S. The Morgan fingerprint density at radius 1 is 0.884 bits per heavy atom. The van der Waals surface area contributed by atoms with Gasteiger partial charge in [-0.2, -0.15) is 4.31 Å². The zero-order valence-electron chi connectivity index (χ0n) is 24.1. The van der Waals surface area contributed by atoms with Crippen LogP contribution in [0.15, 0.2) is 83.8 Å². The number of sulfonamides is 1. The van der Waals surface area contributed by atoms with E-state index in [9.17, 15) is 18.0 Å². The summed E-state index contributed by atoms with van der Waals surface area (Å²) in [7, 11) is -4.02. The molecule has 1 heterocycles. The quantitative estimate of drug-likeness (QED) is 0.312. The van der Waals surface area contributed by atoms with Crippen LogP contribution >= 0.6 is 11.6 Å². The number of carbonyl (C=O) groups excluding carboxylic acids is 2. The highest BCUT2D eigenvalue weighted by molar-refractivity contribution is 7.89. The van der Waals surface area contributed by atoms with Crippen LogP contribution in [0.25, 0.3) is 0 Å². The van der Waals surface area contributed by atoms with Gasteiger partial charge in [-0.05, 0) is 79.6 Å². The van der Waals surface area contributed by atoms with Crippen molar-refractivity contribution in [2.75, 3.05) is 6.54 Å². The standard InChI is InChI=1S/C33H38ClN3O5S/c34-27-17-19-28(20-18-27)43(40,41)37(30-11-6-7-21-35-33(30)39)22-24-13-15-26(16-14-24)32(38)36-29-10-4-5-12-31(29)42-23-25-8-2-1-3-9-25/h1-3,8-9,13-20,29-31H,4-7,10-12,21-23H2,(H,35,39)(H,36,38)/t29-,30-,31-/m1/s1. The summed E-state index contributed by atoms with van der Waals surface area (Å²) in [6, 6.07) is 21.9. The van der Waals surface area contributed by atoms with Crippen LogP contribution in [0, 0.1) is 0 Å². The predicted octanol–water partition coefficient (Wildman–Crippen LogP) is 5.46. The molecule has 0 unspecified atom stereocenters. The SMILES string of the molecule is O=C(N[C@@H]1CCCC[C@H]1OCc1ccccc1)c1ccc(CN([C@@H]2CCCCNC2=O)S(=O)(=O)c2ccc(Cl)cc2)cc1. The van der Waals surface area contributed by atoms with E-state index in [1.54, 1.807) is 24.3 Å². The Morgan fingerprint density at radius 3 is 2.33 bits per heavy atom. The van der Waals surface area contributed by atoms with Gasteiger partial charge < -0.3 is 15.4 Å². The molecule has 2 N–H and O–H groups in total. The summed E-state index contributed by atoms with van der Waals surface area (Å²) in [6.07, 6.45) is 5.72. The number of nitrogens with zero attached hydrogens (tertiary/aromatic N) is 1. The van der Waals surface area contributed by atoms with Crippen molar-refractivity contribution in [3.63, 3.8) is 0 Å². The molecule has 1 aliphatic heterocycles. The molecule has 228 valence electrons. The molecule has 2 amide bonds. The Labute approximate surface area is 258 Å². The zero-order valence-corrected chi connectivity index (χ0v) is 25.7. The second-order valence-electron chi connectivity index (χ2n) is 11.2. The second kappa shape index (κ2) is 14.5. The number of rotatable bonds is 10. The molecule has 2 fully saturated rings. The summed E-state index contributed by atoms with van der Waals surface area (Å²) >= 11 is 6.00. The fraction of sp³-hybridized carbons (Fsp3) is 0.394. The molecule has 0 aromatic heterocycles. The van der Waals surface area contributed by atoms with E-state index in [4.69, 9.17) is 16.3 Å². The number of hydrogen-bond donors (Lipinski definition) is 2. The number of halogens is 1. The van der Waals surface area contributed by atoms with Crippen LogP contribution in [-0.2, 0) is 32.7 Å². The first-order valence-electron chi connectivity index (χ1n) is 14.9. The monoisotopic (exact) mass is 623 g/mol. The maximum absolute atomic E-state index is 13.8. The van der Waals surface area contributed by atoms with Crippen molar-refractivity contribution in [1.29, 1.82) is 0 Å². The Morgan fingerprint density at radius 2 is 1.58 bits per heavy atom. The van der Waals surface area contributed by atoms with Gasteiger partial charge in [0, 0.05) is 23.7 Å². The second-order valence-corrected chi connectivity index (χ2v) is 13.5. The maximum Gasteiger partial charge on any atom is 0.251 e. The summed E-state index contributed by atoms with van der Waals surface area (Å²) in [4.78, 5) is 26.3. The molecule has 0 radical (unpaired) electrons. The van der Waals surface area contributed by atoms with Gasteiger partial charge in [-0.3, -0.25) is 9.59 Å². The minimum atomic E-state index is -4.02. The largest absolute Gasteiger partial charge is 0.371 e. The van der Waals surface area contributed by atoms with Crippen LogP contribution in [-0.4, -0.2) is 49.3 Å². The molecule has 3 aromatic carbocycles. The van der Waals surface area contributed by atoms with E-state index in [1.165, 1.54) is 28.6 Å². The molecule has 1 saturated carbocycles. The highest BCUT2D eigenvalue weighted by Gasteiger charge is 2.36. The van der Waals surface area contributed by atoms with Crippen LogP contribution in [0.4, 0.5) is 0 Å². The normalized spacial score (nSPS) is 21.2. The summed E-state index contributed by atoms with van der Waals surface area (Å²) in [5.74, 6) is -0.497. The highest BCUT2D eigenvalue weighted by atomic mass is 35.5. The Bertz CT molecular complexity index is 1480. The Hall–Kier alpha value is -3.24. The Balaban J connectivity index is 1.29. The van der Waals surface area contributed by atoms with Gasteiger partial charge in [-0.1, -0.05) is 66.9 Å². The summed E-state index contributed by atoms with van der Waals surface area (Å²) in [5, 5.41) is 6.44. The van der Waals surface area contributed by atoms with Crippen LogP contribution in [0.3, 0.4) is 0 Å². The van der Waals surface area contributed by atoms with E-state index < -0.39 is 16.1 Å². The van der Waals surface area contributed by atoms with Crippen LogP contribution in [0.1, 0.15) is 66.4 Å². The third-order valence-electron chi connectivity index (χ3n) is 8.15. The van der Waals surface area contributed by atoms with Crippen molar-refractivity contribution in [3.05, 3.63) is 101 Å². The summed E-state index contributed by atoms with van der Waals surface area (Å²) in [5.41, 5.74) is 2.26. The van der Waals surface area contributed by atoms with Gasteiger partial charge >= 0.3 is 0 Å². The molecular weight excluding hydrogens is 586 g/mol. The first-order valence-corrected chi connectivity index (χ1v) is 16.7. The van der Waals surface area contributed by atoms with E-state index in [2.05, 4.69) is 10.6 Å². The zero-order chi connectivity index (χ0) is 30.2. The molecule has 0 spiro atoms. The number of ether oxygens (including phenoxy) is 1. The van der Waals surface area contributed by atoms with Crippen molar-refractivity contribution in [3.8, 4) is 0 Å². The van der Waals surface area contributed by atoms with Crippen molar-refractivity contribution >= 4 is 33.4 Å². The van der Waals surface area contributed by atoms with Crippen molar-refractivity contribution in [2.24, 2.45) is 0 Å². The Kier molecular flexibility index (Phi) is 10.5. The lowest BCUT2D eigenvalue weighted by Crippen LogP contribution is -2.48. The number of carbonyl (C=O) groups is 2. The van der Waals surface area contributed by atoms with Crippen molar-refractivity contribution in [2.45, 2.75) is 81.2 Å². The van der Waals surface area contributed by atoms with Gasteiger partial charge in [0.1, 0.15) is 6.04 Å². The van der Waals surface area contributed by atoms with Gasteiger partial charge in [-0.25, -0.2) is 8.42 Å². The number of benzene rings is 3. The average Bonchev–Trinajstić information content (AvgIpc) is 3.24. The van der Waals surface area contributed by atoms with E-state index >= 15 is 0 Å². The number of nitrogens with one attached hydrogen (secondary N) is 2.